The third kappa shape index (κ3) is 6.49. The number of hydrogen-bond acceptors (Lipinski definition) is 2. The molecule has 0 heterocycles. The smallest absolute Gasteiger partial charge is 0.395 e. The molecule has 0 fully saturated rings. The Morgan fingerprint density at radius 3 is 1.36 bits per heavy atom. The van der Waals surface area contributed by atoms with Gasteiger partial charge in [0.15, 0.2) is 0 Å². The zero-order valence-corrected chi connectivity index (χ0v) is 27.7. The fraction of sp³-hybridized carbons (Fsp3) is 0.500. The third-order valence-corrected chi connectivity index (χ3v) is 7.95. The van der Waals surface area contributed by atoms with E-state index in [0.717, 1.165) is 16.7 Å². The zero-order chi connectivity index (χ0) is 29.7. The molecule has 0 N–H and O–H groups in total. The Morgan fingerprint density at radius 2 is 0.949 bits per heavy atom. The standard InChI is InChI=1S/C36H49O2P/c1-22-18-25(29(35(9,10)11)20-27(22)33(3,4)5)24-16-15-17-31(38-39-37)32(24)26-19-23(2)28(34(6,7)8)21-30(26)36(12,13)14/h15-21H,1-14H3. The van der Waals surface area contributed by atoms with Crippen LogP contribution in [0.4, 0.5) is 0 Å². The molecule has 0 aliphatic heterocycles. The molecule has 0 bridgehead atoms. The van der Waals surface area contributed by atoms with E-state index in [9.17, 15) is 4.57 Å². The molecule has 0 saturated heterocycles. The lowest BCUT2D eigenvalue weighted by molar-refractivity contribution is 0.525. The van der Waals surface area contributed by atoms with E-state index < -0.39 is 0 Å². The largest absolute Gasteiger partial charge is 0.407 e. The maximum atomic E-state index is 11.9. The second kappa shape index (κ2) is 10.5. The van der Waals surface area contributed by atoms with Crippen molar-refractivity contribution < 1.29 is 9.09 Å². The maximum absolute atomic E-state index is 11.9. The first kappa shape index (κ1) is 31.1. The van der Waals surface area contributed by atoms with Gasteiger partial charge in [-0.25, -0.2) is 4.57 Å². The molecule has 210 valence electrons. The summed E-state index contributed by atoms with van der Waals surface area (Å²) in [6.45, 7) is 31.7. The molecule has 2 nitrogen and oxygen atoms in total. The number of aryl methyl sites for hydroxylation is 2. The quantitative estimate of drug-likeness (QED) is 0.305. The highest BCUT2D eigenvalue weighted by atomic mass is 31.1. The summed E-state index contributed by atoms with van der Waals surface area (Å²) in [5.41, 5.74) is 12.1. The Bertz CT molecular complexity index is 1380. The van der Waals surface area contributed by atoms with Crippen molar-refractivity contribution in [3.05, 3.63) is 75.8 Å². The minimum atomic E-state index is -0.357. The van der Waals surface area contributed by atoms with Crippen molar-refractivity contribution in [1.82, 2.24) is 0 Å². The molecule has 0 saturated carbocycles. The summed E-state index contributed by atoms with van der Waals surface area (Å²) < 4.78 is 17.7. The highest BCUT2D eigenvalue weighted by Crippen LogP contribution is 2.49. The van der Waals surface area contributed by atoms with E-state index in [-0.39, 0.29) is 30.3 Å². The molecule has 3 aromatic rings. The Labute approximate surface area is 239 Å². The van der Waals surface area contributed by atoms with Gasteiger partial charge in [-0.2, -0.15) is 0 Å². The summed E-state index contributed by atoms with van der Waals surface area (Å²) in [6.07, 6.45) is 0. The molecule has 39 heavy (non-hydrogen) atoms. The molecule has 3 rings (SSSR count). The van der Waals surface area contributed by atoms with Gasteiger partial charge in [0.2, 0.25) is 0 Å². The van der Waals surface area contributed by atoms with Crippen molar-refractivity contribution in [2.75, 3.05) is 0 Å². The molecule has 0 aliphatic carbocycles. The van der Waals surface area contributed by atoms with Gasteiger partial charge in [-0.3, -0.25) is 0 Å². The summed E-state index contributed by atoms with van der Waals surface area (Å²) in [7, 11) is -0.357. The van der Waals surface area contributed by atoms with Crippen LogP contribution in [0.15, 0.2) is 42.5 Å². The van der Waals surface area contributed by atoms with Gasteiger partial charge in [0, 0.05) is 5.56 Å². The van der Waals surface area contributed by atoms with Crippen molar-refractivity contribution in [1.29, 1.82) is 0 Å². The van der Waals surface area contributed by atoms with Gasteiger partial charge >= 0.3 is 8.69 Å². The van der Waals surface area contributed by atoms with E-state index in [1.54, 1.807) is 0 Å². The lowest BCUT2D eigenvalue weighted by Crippen LogP contribution is -2.20. The number of benzene rings is 3. The molecular weight excluding hydrogens is 495 g/mol. The molecule has 0 unspecified atom stereocenters. The van der Waals surface area contributed by atoms with Crippen LogP contribution in [0.2, 0.25) is 0 Å². The van der Waals surface area contributed by atoms with Crippen molar-refractivity contribution in [2.24, 2.45) is 0 Å². The zero-order valence-electron chi connectivity index (χ0n) is 26.8. The number of rotatable bonds is 4. The van der Waals surface area contributed by atoms with Crippen LogP contribution >= 0.6 is 8.69 Å². The highest BCUT2D eigenvalue weighted by molar-refractivity contribution is 7.17. The van der Waals surface area contributed by atoms with Crippen LogP contribution in [-0.4, -0.2) is 0 Å². The Morgan fingerprint density at radius 1 is 0.538 bits per heavy atom. The fourth-order valence-electron chi connectivity index (χ4n) is 5.85. The average Bonchev–Trinajstić information content (AvgIpc) is 2.75. The monoisotopic (exact) mass is 544 g/mol. The van der Waals surface area contributed by atoms with E-state index >= 15 is 0 Å². The molecule has 3 aromatic carbocycles. The van der Waals surface area contributed by atoms with Crippen LogP contribution in [0.25, 0.3) is 22.3 Å². The topological polar surface area (TPSA) is 26.3 Å². The Kier molecular flexibility index (Phi) is 8.38. The predicted octanol–water partition coefficient (Wildman–Crippen LogP) is 11.4. The predicted molar refractivity (Wildman–Crippen MR) is 170 cm³/mol. The molecule has 0 aliphatic rings. The van der Waals surface area contributed by atoms with Gasteiger partial charge in [0.25, 0.3) is 0 Å². The van der Waals surface area contributed by atoms with E-state index in [4.69, 9.17) is 4.52 Å². The molecule has 3 heteroatoms. The fourth-order valence-corrected chi connectivity index (χ4v) is 6.08. The van der Waals surface area contributed by atoms with Crippen LogP contribution in [0.3, 0.4) is 0 Å². The van der Waals surface area contributed by atoms with Gasteiger partial charge in [-0.05, 0) is 91.6 Å². The van der Waals surface area contributed by atoms with Gasteiger partial charge < -0.3 is 4.52 Å². The van der Waals surface area contributed by atoms with Gasteiger partial charge in [-0.15, -0.1) is 0 Å². The van der Waals surface area contributed by atoms with Crippen LogP contribution in [0.1, 0.15) is 116 Å². The lowest BCUT2D eigenvalue weighted by atomic mass is 9.72. The molecule has 0 amide bonds. The van der Waals surface area contributed by atoms with Crippen molar-refractivity contribution in [2.45, 2.75) is 119 Å². The van der Waals surface area contributed by atoms with Crippen LogP contribution < -0.4 is 4.52 Å². The first-order valence-electron chi connectivity index (χ1n) is 14.1. The average molecular weight is 545 g/mol. The molecule has 0 spiro atoms. The summed E-state index contributed by atoms with van der Waals surface area (Å²) in [4.78, 5) is 0. The lowest BCUT2D eigenvalue weighted by Gasteiger charge is -2.32. The Balaban J connectivity index is 2.56. The van der Waals surface area contributed by atoms with Gasteiger partial charge in [0.05, 0.1) is 0 Å². The summed E-state index contributed by atoms with van der Waals surface area (Å²) >= 11 is 0. The minimum Gasteiger partial charge on any atom is -0.407 e. The van der Waals surface area contributed by atoms with Crippen molar-refractivity contribution in [3.63, 3.8) is 0 Å². The van der Waals surface area contributed by atoms with Crippen molar-refractivity contribution in [3.8, 4) is 28.0 Å². The van der Waals surface area contributed by atoms with E-state index in [0.29, 0.717) is 5.75 Å². The van der Waals surface area contributed by atoms with E-state index in [2.05, 4.69) is 127 Å². The molecule has 0 radical (unpaired) electrons. The summed E-state index contributed by atoms with van der Waals surface area (Å²) in [6, 6.07) is 15.6. The molecular formula is C36H49O2P. The second-order valence-corrected chi connectivity index (χ2v) is 15.6. The van der Waals surface area contributed by atoms with Crippen LogP contribution in [0, 0.1) is 13.8 Å². The SMILES string of the molecule is Cc1cc(-c2cccc(OP=O)c2-c2cc(C)c(C(C)(C)C)cc2C(C)(C)C)c(C(C)(C)C)cc1C(C)(C)C. The minimum absolute atomic E-state index is 0.0222. The van der Waals surface area contributed by atoms with Gasteiger partial charge in [-0.1, -0.05) is 119 Å². The maximum Gasteiger partial charge on any atom is 0.395 e. The van der Waals surface area contributed by atoms with Crippen LogP contribution in [0.5, 0.6) is 5.75 Å². The van der Waals surface area contributed by atoms with E-state index in [1.165, 1.54) is 38.9 Å². The Hall–Kier alpha value is -2.44. The van der Waals surface area contributed by atoms with Gasteiger partial charge in [0.1, 0.15) is 5.75 Å². The number of hydrogen-bond donors (Lipinski definition) is 0. The van der Waals surface area contributed by atoms with E-state index in [1.807, 2.05) is 12.1 Å². The second-order valence-electron chi connectivity index (χ2n) is 15.3. The first-order valence-corrected chi connectivity index (χ1v) is 14.9. The van der Waals surface area contributed by atoms with Crippen LogP contribution in [-0.2, 0) is 26.2 Å². The molecule has 0 atom stereocenters. The third-order valence-electron chi connectivity index (χ3n) is 7.68. The first-order chi connectivity index (χ1) is 17.7. The summed E-state index contributed by atoms with van der Waals surface area (Å²) in [5.74, 6) is 0.634. The highest BCUT2D eigenvalue weighted by Gasteiger charge is 2.30. The normalized spacial score (nSPS) is 13.2. The summed E-state index contributed by atoms with van der Waals surface area (Å²) in [5, 5.41) is 0. The van der Waals surface area contributed by atoms with Crippen molar-refractivity contribution >= 4 is 8.69 Å². The molecule has 0 aromatic heterocycles.